The Labute approximate surface area is 262 Å². The molecule has 1 saturated heterocycles. The fourth-order valence-electron chi connectivity index (χ4n) is 5.70. The zero-order chi connectivity index (χ0) is 31.1. The van der Waals surface area contributed by atoms with Crippen molar-refractivity contribution in [3.05, 3.63) is 76.5 Å². The minimum atomic E-state index is -0.229. The van der Waals surface area contributed by atoms with Gasteiger partial charge in [-0.15, -0.1) is 0 Å². The molecule has 0 bridgehead atoms. The predicted octanol–water partition coefficient (Wildman–Crippen LogP) is 5.46. The highest BCUT2D eigenvalue weighted by Gasteiger charge is 2.18. The van der Waals surface area contributed by atoms with Gasteiger partial charge in [0.05, 0.1) is 13.0 Å². The number of hydrogen-bond acceptors (Lipinski definition) is 9. The second-order valence-corrected chi connectivity index (χ2v) is 11.7. The van der Waals surface area contributed by atoms with Crippen LogP contribution in [0.5, 0.6) is 5.75 Å². The smallest absolute Gasteiger partial charge is 0.310 e. The summed E-state index contributed by atoms with van der Waals surface area (Å²) in [6.07, 6.45) is 7.70. The van der Waals surface area contributed by atoms with Crippen LogP contribution in [0.3, 0.4) is 0 Å². The summed E-state index contributed by atoms with van der Waals surface area (Å²) in [5, 5.41) is 13.1. The van der Waals surface area contributed by atoms with E-state index in [0.717, 1.165) is 60.2 Å². The maximum Gasteiger partial charge on any atom is 0.310 e. The quantitative estimate of drug-likeness (QED) is 0.128. The Hall–Kier alpha value is -3.69. The number of carbonyl (C=O) groups excluding carboxylic acids is 1. The Morgan fingerprint density at radius 1 is 1.07 bits per heavy atom. The van der Waals surface area contributed by atoms with Crippen LogP contribution in [0.4, 0.5) is 11.8 Å². The lowest BCUT2D eigenvalue weighted by Crippen LogP contribution is -2.23. The van der Waals surface area contributed by atoms with Crippen LogP contribution in [-0.2, 0) is 29.0 Å². The van der Waals surface area contributed by atoms with Gasteiger partial charge >= 0.3 is 5.97 Å². The molecule has 1 aliphatic heterocycles. The van der Waals surface area contributed by atoms with Gasteiger partial charge in [-0.2, -0.15) is 4.98 Å². The van der Waals surface area contributed by atoms with Crippen LogP contribution in [0.2, 0.25) is 0 Å². The molecule has 44 heavy (non-hydrogen) atoms. The Bertz CT molecular complexity index is 1310. The molecule has 2 heterocycles. The molecule has 0 radical (unpaired) electrons. The van der Waals surface area contributed by atoms with E-state index in [9.17, 15) is 9.90 Å². The first-order valence-corrected chi connectivity index (χ1v) is 16.1. The number of anilines is 2. The molecule has 1 aromatic heterocycles. The van der Waals surface area contributed by atoms with Crippen LogP contribution in [0.1, 0.15) is 79.8 Å². The number of aliphatic hydroxyl groups excluding tert-OH is 1. The highest BCUT2D eigenvalue weighted by Crippen LogP contribution is 2.29. The zero-order valence-corrected chi connectivity index (χ0v) is 26.4. The van der Waals surface area contributed by atoms with Gasteiger partial charge in [-0.05, 0) is 87.8 Å². The van der Waals surface area contributed by atoms with Crippen molar-refractivity contribution >= 4 is 17.7 Å². The Balaban J connectivity index is 1.48. The number of nitrogen functional groups attached to an aromatic ring is 1. The molecule has 0 saturated carbocycles. The fourth-order valence-corrected chi connectivity index (χ4v) is 5.70. The summed E-state index contributed by atoms with van der Waals surface area (Å²) < 4.78 is 11.9. The maximum absolute atomic E-state index is 12.7. The topological polar surface area (TPSA) is 123 Å². The summed E-state index contributed by atoms with van der Waals surface area (Å²) in [5.41, 5.74) is 10.6. The van der Waals surface area contributed by atoms with Gasteiger partial charge in [0.15, 0.2) is 0 Å². The molecule has 1 fully saturated rings. The number of benzene rings is 2. The third-order valence-corrected chi connectivity index (χ3v) is 8.10. The van der Waals surface area contributed by atoms with E-state index in [1.165, 1.54) is 25.9 Å². The van der Waals surface area contributed by atoms with E-state index in [4.69, 9.17) is 15.2 Å². The number of nitrogens with zero attached hydrogens (tertiary/aromatic N) is 3. The largest absolute Gasteiger partial charge is 0.489 e. The fraction of sp³-hybridized carbons (Fsp3) is 0.514. The lowest BCUT2D eigenvalue weighted by atomic mass is 9.99. The van der Waals surface area contributed by atoms with Crippen molar-refractivity contribution in [1.29, 1.82) is 0 Å². The summed E-state index contributed by atoms with van der Waals surface area (Å²) in [7, 11) is 0. The van der Waals surface area contributed by atoms with Gasteiger partial charge in [0.25, 0.3) is 0 Å². The molecule has 3 aromatic rings. The molecule has 2 aromatic carbocycles. The Kier molecular flexibility index (Phi) is 13.3. The SMILES string of the molecule is CCCC(CCO)Nc1nc(N)nc(C)c1Cc1ccc(CC(=O)OCCCCN2CCCC2)cc1OCc1ccccc1. The highest BCUT2D eigenvalue weighted by molar-refractivity contribution is 5.73. The molecule has 1 aliphatic rings. The molecule has 0 amide bonds. The molecule has 0 aliphatic carbocycles. The van der Waals surface area contributed by atoms with E-state index in [2.05, 4.69) is 27.1 Å². The lowest BCUT2D eigenvalue weighted by molar-refractivity contribution is -0.142. The van der Waals surface area contributed by atoms with Crippen molar-refractivity contribution in [1.82, 2.24) is 14.9 Å². The van der Waals surface area contributed by atoms with Gasteiger partial charge < -0.3 is 30.5 Å². The number of aryl methyl sites for hydroxylation is 1. The van der Waals surface area contributed by atoms with E-state index in [1.807, 2.05) is 55.5 Å². The van der Waals surface area contributed by atoms with Gasteiger partial charge in [-0.25, -0.2) is 4.98 Å². The number of aromatic nitrogens is 2. The van der Waals surface area contributed by atoms with Crippen LogP contribution in [0, 0.1) is 6.92 Å². The zero-order valence-electron chi connectivity index (χ0n) is 26.4. The van der Waals surface area contributed by atoms with Crippen molar-refractivity contribution < 1.29 is 19.4 Å². The molecule has 238 valence electrons. The number of unbranched alkanes of at least 4 members (excludes halogenated alkanes) is 1. The third-order valence-electron chi connectivity index (χ3n) is 8.10. The number of esters is 1. The first kappa shape index (κ1) is 33.2. The lowest BCUT2D eigenvalue weighted by Gasteiger charge is -2.21. The third kappa shape index (κ3) is 10.5. The second-order valence-electron chi connectivity index (χ2n) is 11.7. The predicted molar refractivity (Wildman–Crippen MR) is 175 cm³/mol. The van der Waals surface area contributed by atoms with Crippen LogP contribution in [0.15, 0.2) is 48.5 Å². The van der Waals surface area contributed by atoms with E-state index < -0.39 is 0 Å². The number of nitrogens with one attached hydrogen (secondary N) is 1. The van der Waals surface area contributed by atoms with E-state index >= 15 is 0 Å². The number of nitrogens with two attached hydrogens (primary N) is 1. The molecule has 9 heteroatoms. The standard InChI is InChI=1S/C35H49N5O4/c1-3-11-30(16-20-41)38-34-31(26(2)37-35(36)39-34)24-29-15-14-28(22-32(29)44-25-27-12-5-4-6-13-27)23-33(42)43-21-10-9-19-40-17-7-8-18-40/h4-6,12-15,22,30,41H,3,7-11,16-21,23-25H2,1-2H3,(H3,36,37,38,39). The molecule has 9 nitrogen and oxygen atoms in total. The summed E-state index contributed by atoms with van der Waals surface area (Å²) in [6.45, 7) is 8.45. The number of hydrogen-bond donors (Lipinski definition) is 3. The van der Waals surface area contributed by atoms with Gasteiger partial charge in [-0.3, -0.25) is 4.79 Å². The van der Waals surface area contributed by atoms with Gasteiger partial charge in [0.1, 0.15) is 18.2 Å². The average molecular weight is 604 g/mol. The summed E-state index contributed by atoms with van der Waals surface area (Å²) >= 11 is 0. The van der Waals surface area contributed by atoms with Crippen molar-refractivity contribution in [2.45, 2.75) is 84.3 Å². The molecule has 1 atom stereocenters. The summed E-state index contributed by atoms with van der Waals surface area (Å²) in [4.78, 5) is 24.2. The molecule has 4 N–H and O–H groups in total. The Morgan fingerprint density at radius 3 is 2.61 bits per heavy atom. The van der Waals surface area contributed by atoms with Crippen molar-refractivity contribution in [2.75, 3.05) is 43.9 Å². The van der Waals surface area contributed by atoms with E-state index in [0.29, 0.717) is 37.6 Å². The molecule has 1 unspecified atom stereocenters. The van der Waals surface area contributed by atoms with Crippen molar-refractivity contribution in [3.63, 3.8) is 0 Å². The number of aliphatic hydroxyl groups is 1. The number of ether oxygens (including phenoxy) is 2. The number of carbonyl (C=O) groups is 1. The first-order valence-electron chi connectivity index (χ1n) is 16.1. The van der Waals surface area contributed by atoms with Gasteiger partial charge in [-0.1, -0.05) is 55.8 Å². The van der Waals surface area contributed by atoms with Gasteiger partial charge in [0.2, 0.25) is 5.95 Å². The average Bonchev–Trinajstić information content (AvgIpc) is 3.53. The first-order chi connectivity index (χ1) is 21.4. The van der Waals surface area contributed by atoms with Gasteiger partial charge in [0, 0.05) is 30.3 Å². The minimum Gasteiger partial charge on any atom is -0.489 e. The molecular weight excluding hydrogens is 554 g/mol. The maximum atomic E-state index is 12.7. The van der Waals surface area contributed by atoms with E-state index in [1.54, 1.807) is 0 Å². The monoisotopic (exact) mass is 603 g/mol. The number of rotatable bonds is 18. The summed E-state index contributed by atoms with van der Waals surface area (Å²) in [5.74, 6) is 1.35. The molecule has 4 rings (SSSR count). The van der Waals surface area contributed by atoms with Crippen LogP contribution < -0.4 is 15.8 Å². The second kappa shape index (κ2) is 17.6. The minimum absolute atomic E-state index is 0.0693. The molecular formula is C35H49N5O4. The van der Waals surface area contributed by atoms with Crippen LogP contribution >= 0.6 is 0 Å². The van der Waals surface area contributed by atoms with Crippen molar-refractivity contribution in [2.24, 2.45) is 0 Å². The summed E-state index contributed by atoms with van der Waals surface area (Å²) in [6, 6.07) is 16.0. The van der Waals surface area contributed by atoms with Crippen molar-refractivity contribution in [3.8, 4) is 5.75 Å². The number of likely N-dealkylation sites (tertiary alicyclic amines) is 1. The van der Waals surface area contributed by atoms with Crippen LogP contribution in [-0.4, -0.2) is 64.8 Å². The normalized spacial score (nSPS) is 14.0. The Morgan fingerprint density at radius 2 is 1.86 bits per heavy atom. The highest BCUT2D eigenvalue weighted by atomic mass is 16.5. The van der Waals surface area contributed by atoms with Crippen LogP contribution in [0.25, 0.3) is 0 Å². The molecule has 0 spiro atoms. The van der Waals surface area contributed by atoms with E-state index in [-0.39, 0.29) is 31.0 Å².